The van der Waals surface area contributed by atoms with Gasteiger partial charge in [-0.25, -0.2) is 0 Å². The van der Waals surface area contributed by atoms with Crippen LogP contribution in [0.25, 0.3) is 0 Å². The van der Waals surface area contributed by atoms with Crippen molar-refractivity contribution in [1.29, 1.82) is 0 Å². The molecule has 0 radical (unpaired) electrons. The summed E-state index contributed by atoms with van der Waals surface area (Å²) in [5.74, 6) is -0.697. The average Bonchev–Trinajstić information content (AvgIpc) is 2.20. The molecule has 0 spiro atoms. The number of hydrogen-bond donors (Lipinski definition) is 1. The zero-order valence-corrected chi connectivity index (χ0v) is 9.20. The summed E-state index contributed by atoms with van der Waals surface area (Å²) in [5, 5.41) is 8.97. The molecule has 1 aliphatic carbocycles. The van der Waals surface area contributed by atoms with Crippen LogP contribution in [0.15, 0.2) is 0 Å². The fourth-order valence-electron chi connectivity index (χ4n) is 2.40. The molecule has 82 valence electrons. The van der Waals surface area contributed by atoms with E-state index in [1.54, 1.807) is 6.92 Å². The van der Waals surface area contributed by atoms with Crippen molar-refractivity contribution < 1.29 is 9.90 Å². The lowest BCUT2D eigenvalue weighted by molar-refractivity contribution is -0.143. The minimum atomic E-state index is -0.697. The van der Waals surface area contributed by atoms with Crippen molar-refractivity contribution in [3.63, 3.8) is 0 Å². The minimum Gasteiger partial charge on any atom is -0.480 e. The summed E-state index contributed by atoms with van der Waals surface area (Å²) in [5.41, 5.74) is 0. The van der Waals surface area contributed by atoms with Gasteiger partial charge in [-0.15, -0.1) is 0 Å². The standard InChI is InChI=1S/C11H21NO2/c1-3-12(9(2)11(13)14)10-7-5-4-6-8-10/h9-10H,3-8H2,1-2H3,(H,13,14)/t9-/m0/s1. The second kappa shape index (κ2) is 5.35. The van der Waals surface area contributed by atoms with E-state index in [-0.39, 0.29) is 6.04 Å². The molecule has 0 unspecified atom stereocenters. The Balaban J connectivity index is 2.55. The maximum atomic E-state index is 10.9. The van der Waals surface area contributed by atoms with E-state index in [1.165, 1.54) is 32.1 Å². The van der Waals surface area contributed by atoms with E-state index in [1.807, 2.05) is 6.92 Å². The van der Waals surface area contributed by atoms with E-state index in [2.05, 4.69) is 4.90 Å². The first kappa shape index (κ1) is 11.5. The number of carboxylic acids is 1. The van der Waals surface area contributed by atoms with Gasteiger partial charge >= 0.3 is 5.97 Å². The smallest absolute Gasteiger partial charge is 0.320 e. The van der Waals surface area contributed by atoms with Gasteiger partial charge in [-0.05, 0) is 26.3 Å². The van der Waals surface area contributed by atoms with Gasteiger partial charge in [-0.1, -0.05) is 26.2 Å². The summed E-state index contributed by atoms with van der Waals surface area (Å²) in [6.45, 7) is 4.69. The number of carbonyl (C=O) groups is 1. The van der Waals surface area contributed by atoms with Gasteiger partial charge in [0.2, 0.25) is 0 Å². The Morgan fingerprint density at radius 2 is 2.00 bits per heavy atom. The lowest BCUT2D eigenvalue weighted by atomic mass is 9.93. The van der Waals surface area contributed by atoms with E-state index < -0.39 is 5.97 Å². The van der Waals surface area contributed by atoms with Crippen LogP contribution < -0.4 is 0 Å². The number of aliphatic carboxylic acids is 1. The molecule has 0 saturated heterocycles. The Bertz CT molecular complexity index is 188. The number of nitrogens with zero attached hydrogens (tertiary/aromatic N) is 1. The Morgan fingerprint density at radius 3 is 2.43 bits per heavy atom. The van der Waals surface area contributed by atoms with Gasteiger partial charge in [0.15, 0.2) is 0 Å². The van der Waals surface area contributed by atoms with Gasteiger partial charge in [0.1, 0.15) is 6.04 Å². The topological polar surface area (TPSA) is 40.5 Å². The van der Waals surface area contributed by atoms with Crippen LogP contribution in [0.5, 0.6) is 0 Å². The van der Waals surface area contributed by atoms with Crippen molar-refractivity contribution in [2.24, 2.45) is 0 Å². The first-order valence-electron chi connectivity index (χ1n) is 5.65. The Hall–Kier alpha value is -0.570. The highest BCUT2D eigenvalue weighted by atomic mass is 16.4. The molecule has 1 aliphatic rings. The van der Waals surface area contributed by atoms with Gasteiger partial charge in [-0.2, -0.15) is 0 Å². The molecule has 1 N–H and O–H groups in total. The van der Waals surface area contributed by atoms with E-state index in [0.717, 1.165) is 6.54 Å². The van der Waals surface area contributed by atoms with Gasteiger partial charge in [0, 0.05) is 6.04 Å². The average molecular weight is 199 g/mol. The normalized spacial score (nSPS) is 21.1. The second-order valence-electron chi connectivity index (χ2n) is 4.14. The van der Waals surface area contributed by atoms with Crippen molar-refractivity contribution in [2.45, 2.75) is 58.0 Å². The zero-order chi connectivity index (χ0) is 10.6. The summed E-state index contributed by atoms with van der Waals surface area (Å²) in [7, 11) is 0. The molecule has 1 rings (SSSR count). The molecule has 3 heteroatoms. The third kappa shape index (κ3) is 2.71. The van der Waals surface area contributed by atoms with Crippen LogP contribution in [0.2, 0.25) is 0 Å². The lowest BCUT2D eigenvalue weighted by Gasteiger charge is -2.35. The van der Waals surface area contributed by atoms with Crippen molar-refractivity contribution in [3.8, 4) is 0 Å². The number of carboxylic acid groups (broad SMARTS) is 1. The molecule has 0 aromatic rings. The van der Waals surface area contributed by atoms with Gasteiger partial charge < -0.3 is 5.11 Å². The van der Waals surface area contributed by atoms with Crippen LogP contribution in [-0.4, -0.2) is 34.6 Å². The molecule has 14 heavy (non-hydrogen) atoms. The van der Waals surface area contributed by atoms with Crippen molar-refractivity contribution in [1.82, 2.24) is 4.90 Å². The Morgan fingerprint density at radius 1 is 1.43 bits per heavy atom. The first-order valence-corrected chi connectivity index (χ1v) is 5.65. The predicted octanol–water partition coefficient (Wildman–Crippen LogP) is 2.11. The number of hydrogen-bond acceptors (Lipinski definition) is 2. The van der Waals surface area contributed by atoms with Crippen molar-refractivity contribution in [2.75, 3.05) is 6.54 Å². The zero-order valence-electron chi connectivity index (χ0n) is 9.20. The molecular weight excluding hydrogens is 178 g/mol. The third-order valence-corrected chi connectivity index (χ3v) is 3.26. The highest BCUT2D eigenvalue weighted by Gasteiger charge is 2.27. The molecular formula is C11H21NO2. The summed E-state index contributed by atoms with van der Waals surface area (Å²) >= 11 is 0. The van der Waals surface area contributed by atoms with Crippen molar-refractivity contribution in [3.05, 3.63) is 0 Å². The van der Waals surface area contributed by atoms with E-state index >= 15 is 0 Å². The Labute approximate surface area is 86.1 Å². The molecule has 1 atom stereocenters. The molecule has 0 aromatic heterocycles. The first-order chi connectivity index (χ1) is 6.66. The predicted molar refractivity (Wildman–Crippen MR) is 56.4 cm³/mol. The number of rotatable bonds is 4. The molecule has 0 bridgehead atoms. The van der Waals surface area contributed by atoms with E-state index in [9.17, 15) is 4.79 Å². The Kier molecular flexibility index (Phi) is 4.39. The monoisotopic (exact) mass is 199 g/mol. The summed E-state index contributed by atoms with van der Waals surface area (Å²) in [6.07, 6.45) is 6.17. The fraction of sp³-hybridized carbons (Fsp3) is 0.909. The lowest BCUT2D eigenvalue weighted by Crippen LogP contribution is -2.46. The summed E-state index contributed by atoms with van der Waals surface area (Å²) in [6, 6.07) is 0.169. The number of likely N-dealkylation sites (N-methyl/N-ethyl adjacent to an activating group) is 1. The van der Waals surface area contributed by atoms with Crippen molar-refractivity contribution >= 4 is 5.97 Å². The quantitative estimate of drug-likeness (QED) is 0.754. The minimum absolute atomic E-state index is 0.330. The highest BCUT2D eigenvalue weighted by molar-refractivity contribution is 5.72. The molecule has 0 aromatic carbocycles. The summed E-state index contributed by atoms with van der Waals surface area (Å²) < 4.78 is 0. The molecule has 0 aliphatic heterocycles. The third-order valence-electron chi connectivity index (χ3n) is 3.26. The SMILES string of the molecule is CCN(C1CCCCC1)[C@@H](C)C(=O)O. The maximum absolute atomic E-state index is 10.9. The van der Waals surface area contributed by atoms with Gasteiger partial charge in [0.05, 0.1) is 0 Å². The summed E-state index contributed by atoms with van der Waals surface area (Å²) in [4.78, 5) is 13.0. The fourth-order valence-corrected chi connectivity index (χ4v) is 2.40. The molecule has 1 saturated carbocycles. The van der Waals surface area contributed by atoms with Gasteiger partial charge in [0.25, 0.3) is 0 Å². The molecule has 0 amide bonds. The van der Waals surface area contributed by atoms with Crippen LogP contribution >= 0.6 is 0 Å². The van der Waals surface area contributed by atoms with E-state index in [4.69, 9.17) is 5.11 Å². The highest BCUT2D eigenvalue weighted by Crippen LogP contribution is 2.23. The molecule has 3 nitrogen and oxygen atoms in total. The molecule has 1 fully saturated rings. The van der Waals surface area contributed by atoms with Crippen LogP contribution in [0.3, 0.4) is 0 Å². The van der Waals surface area contributed by atoms with Crippen LogP contribution in [-0.2, 0) is 4.79 Å². The van der Waals surface area contributed by atoms with Gasteiger partial charge in [-0.3, -0.25) is 9.69 Å². The molecule has 0 heterocycles. The van der Waals surface area contributed by atoms with Crippen LogP contribution in [0.4, 0.5) is 0 Å². The van der Waals surface area contributed by atoms with Crippen LogP contribution in [0.1, 0.15) is 46.0 Å². The largest absolute Gasteiger partial charge is 0.480 e. The second-order valence-corrected chi connectivity index (χ2v) is 4.14. The van der Waals surface area contributed by atoms with Crippen LogP contribution in [0, 0.1) is 0 Å². The van der Waals surface area contributed by atoms with E-state index in [0.29, 0.717) is 6.04 Å². The maximum Gasteiger partial charge on any atom is 0.320 e.